The number of aliphatic hydroxyl groups excluding tert-OH is 1. The molecule has 0 radical (unpaired) electrons. The Morgan fingerprint density at radius 2 is 1.96 bits per heavy atom. The zero-order chi connectivity index (χ0) is 16.2. The Kier molecular flexibility index (Phi) is 5.30. The van der Waals surface area contributed by atoms with Gasteiger partial charge in [0, 0.05) is 25.7 Å². The molecule has 1 aromatic rings. The zero-order valence-electron chi connectivity index (χ0n) is 13.7. The lowest BCUT2D eigenvalue weighted by atomic mass is 9.90. The molecule has 1 saturated heterocycles. The van der Waals surface area contributed by atoms with Crippen molar-refractivity contribution in [3.8, 4) is 0 Å². The van der Waals surface area contributed by atoms with E-state index in [4.69, 9.17) is 0 Å². The summed E-state index contributed by atoms with van der Waals surface area (Å²) in [5, 5.41) is 10.3. The van der Waals surface area contributed by atoms with E-state index in [0.29, 0.717) is 24.1 Å². The molecule has 126 valence electrons. The lowest BCUT2D eigenvalue weighted by molar-refractivity contribution is -0.139. The molecule has 1 aliphatic heterocycles. The summed E-state index contributed by atoms with van der Waals surface area (Å²) >= 11 is 0. The first kappa shape index (κ1) is 16.4. The number of fused-ring (bicyclic) bond motifs is 1. The first-order chi connectivity index (χ1) is 11.2. The third kappa shape index (κ3) is 3.74. The van der Waals surface area contributed by atoms with Gasteiger partial charge in [0.05, 0.1) is 0 Å². The van der Waals surface area contributed by atoms with Crippen LogP contribution in [0.15, 0.2) is 30.3 Å². The van der Waals surface area contributed by atoms with Gasteiger partial charge in [-0.1, -0.05) is 49.6 Å². The van der Waals surface area contributed by atoms with Gasteiger partial charge in [-0.05, 0) is 24.3 Å². The average molecular weight is 317 g/mol. The maximum absolute atomic E-state index is 12.5. The number of amides is 1. The molecule has 1 saturated carbocycles. The molecule has 3 N–H and O–H groups in total. The first-order valence-corrected chi connectivity index (χ1v) is 8.66. The Morgan fingerprint density at radius 1 is 1.22 bits per heavy atom. The summed E-state index contributed by atoms with van der Waals surface area (Å²) in [7, 11) is 1.78. The smallest absolute Gasteiger partial charge is 0.255 e. The third-order valence-corrected chi connectivity index (χ3v) is 5.24. The molecule has 5 nitrogen and oxygen atoms in total. The molecule has 1 amide bonds. The van der Waals surface area contributed by atoms with E-state index in [0.717, 1.165) is 0 Å². The molecule has 0 spiro atoms. The maximum atomic E-state index is 12.5. The number of benzene rings is 1. The van der Waals surface area contributed by atoms with Gasteiger partial charge in [-0.2, -0.15) is 0 Å². The summed E-state index contributed by atoms with van der Waals surface area (Å²) in [5.41, 5.74) is 7.42. The summed E-state index contributed by atoms with van der Waals surface area (Å²) in [6.07, 6.45) is 5.19. The van der Waals surface area contributed by atoms with E-state index < -0.39 is 6.10 Å². The number of nitrogens with zero attached hydrogens (tertiary/aromatic N) is 1. The van der Waals surface area contributed by atoms with Gasteiger partial charge in [-0.3, -0.25) is 15.6 Å². The quantitative estimate of drug-likeness (QED) is 0.789. The van der Waals surface area contributed by atoms with E-state index in [2.05, 4.69) is 10.9 Å². The van der Waals surface area contributed by atoms with Crippen LogP contribution in [0.2, 0.25) is 0 Å². The molecule has 0 aromatic heterocycles. The summed E-state index contributed by atoms with van der Waals surface area (Å²) in [6, 6.07) is 9.90. The van der Waals surface area contributed by atoms with E-state index in [1.54, 1.807) is 24.1 Å². The summed E-state index contributed by atoms with van der Waals surface area (Å²) < 4.78 is 0. The molecule has 2 aliphatic rings. The predicted octanol–water partition coefficient (Wildman–Crippen LogP) is 1.60. The van der Waals surface area contributed by atoms with Crippen molar-refractivity contribution >= 4 is 5.91 Å². The Hall–Kier alpha value is -1.43. The van der Waals surface area contributed by atoms with E-state index in [-0.39, 0.29) is 11.9 Å². The second-order valence-corrected chi connectivity index (χ2v) is 6.84. The number of rotatable bonds is 4. The molecular weight excluding hydrogens is 290 g/mol. The summed E-state index contributed by atoms with van der Waals surface area (Å²) in [6.45, 7) is 0.622. The highest BCUT2D eigenvalue weighted by Gasteiger charge is 2.37. The van der Waals surface area contributed by atoms with Gasteiger partial charge in [0.2, 0.25) is 0 Å². The third-order valence-electron chi connectivity index (χ3n) is 5.24. The first-order valence-electron chi connectivity index (χ1n) is 8.66. The minimum Gasteiger partial charge on any atom is -0.378 e. The molecule has 0 bridgehead atoms. The van der Waals surface area contributed by atoms with Crippen LogP contribution in [-0.2, 0) is 4.79 Å². The lowest BCUT2D eigenvalue weighted by Crippen LogP contribution is -2.44. The number of likely N-dealkylation sites (N-methyl/N-ethyl adjacent to an activating group) is 1. The van der Waals surface area contributed by atoms with Crippen LogP contribution in [0, 0.1) is 5.92 Å². The summed E-state index contributed by atoms with van der Waals surface area (Å²) in [4.78, 5) is 14.1. The topological polar surface area (TPSA) is 64.6 Å². The van der Waals surface area contributed by atoms with Crippen molar-refractivity contribution in [1.82, 2.24) is 15.8 Å². The second kappa shape index (κ2) is 7.43. The minimum atomic E-state index is -1.08. The van der Waals surface area contributed by atoms with E-state index >= 15 is 0 Å². The van der Waals surface area contributed by atoms with Crippen molar-refractivity contribution in [3.05, 3.63) is 35.9 Å². The number of hydrazine groups is 1. The van der Waals surface area contributed by atoms with Crippen molar-refractivity contribution in [2.75, 3.05) is 13.6 Å². The fourth-order valence-electron chi connectivity index (χ4n) is 3.87. The monoisotopic (exact) mass is 317 g/mol. The van der Waals surface area contributed by atoms with Crippen LogP contribution in [0.1, 0.15) is 43.8 Å². The van der Waals surface area contributed by atoms with Crippen LogP contribution in [0.4, 0.5) is 0 Å². The van der Waals surface area contributed by atoms with E-state index in [1.165, 1.54) is 32.1 Å². The van der Waals surface area contributed by atoms with Crippen molar-refractivity contribution in [3.63, 3.8) is 0 Å². The van der Waals surface area contributed by atoms with Crippen molar-refractivity contribution < 1.29 is 9.90 Å². The van der Waals surface area contributed by atoms with Gasteiger partial charge in [-0.15, -0.1) is 0 Å². The predicted molar refractivity (Wildman–Crippen MR) is 89.5 cm³/mol. The van der Waals surface area contributed by atoms with Crippen LogP contribution in [0.5, 0.6) is 0 Å². The van der Waals surface area contributed by atoms with Gasteiger partial charge < -0.3 is 10.0 Å². The number of aliphatic hydroxyl groups is 1. The Bertz CT molecular complexity index is 522. The Balaban J connectivity index is 1.60. The normalized spacial score (nSPS) is 28.7. The second-order valence-electron chi connectivity index (χ2n) is 6.84. The van der Waals surface area contributed by atoms with Crippen LogP contribution in [-0.4, -0.2) is 41.6 Å². The average Bonchev–Trinajstić information content (AvgIpc) is 2.81. The maximum Gasteiger partial charge on any atom is 0.255 e. The zero-order valence-corrected chi connectivity index (χ0v) is 13.7. The van der Waals surface area contributed by atoms with Gasteiger partial charge >= 0.3 is 0 Å². The highest BCUT2D eigenvalue weighted by molar-refractivity contribution is 5.81. The van der Waals surface area contributed by atoms with Gasteiger partial charge in [0.1, 0.15) is 0 Å². The highest BCUT2D eigenvalue weighted by Crippen LogP contribution is 2.29. The molecule has 23 heavy (non-hydrogen) atoms. The number of nitrogens with one attached hydrogen (secondary N) is 2. The van der Waals surface area contributed by atoms with Crippen molar-refractivity contribution in [1.29, 1.82) is 0 Å². The van der Waals surface area contributed by atoms with Gasteiger partial charge in [0.25, 0.3) is 5.91 Å². The number of hydrogen-bond acceptors (Lipinski definition) is 4. The fraction of sp³-hybridized carbons (Fsp3) is 0.611. The molecule has 3 unspecified atom stereocenters. The SMILES string of the molecule is CN(CC1NNC2CCCCCC21)C(=O)[C@H](O)c1ccccc1. The Labute approximate surface area is 138 Å². The van der Waals surface area contributed by atoms with Gasteiger partial charge in [0.15, 0.2) is 6.10 Å². The largest absolute Gasteiger partial charge is 0.378 e. The molecule has 4 atom stereocenters. The van der Waals surface area contributed by atoms with Crippen molar-refractivity contribution in [2.45, 2.75) is 50.3 Å². The molecular formula is C18H27N3O2. The number of hydrogen-bond donors (Lipinski definition) is 3. The molecule has 3 rings (SSSR count). The molecule has 2 fully saturated rings. The van der Waals surface area contributed by atoms with Crippen LogP contribution in [0.25, 0.3) is 0 Å². The van der Waals surface area contributed by atoms with Gasteiger partial charge in [-0.25, -0.2) is 0 Å². The fourth-order valence-corrected chi connectivity index (χ4v) is 3.87. The van der Waals surface area contributed by atoms with Crippen molar-refractivity contribution in [2.24, 2.45) is 5.92 Å². The van der Waals surface area contributed by atoms with Crippen LogP contribution < -0.4 is 10.9 Å². The summed E-state index contributed by atoms with van der Waals surface area (Å²) in [5.74, 6) is 0.330. The van der Waals surface area contributed by atoms with E-state index in [1.807, 2.05) is 18.2 Å². The minimum absolute atomic E-state index is 0.241. The van der Waals surface area contributed by atoms with E-state index in [9.17, 15) is 9.90 Å². The molecule has 5 heteroatoms. The number of carbonyl (C=O) groups excluding carboxylic acids is 1. The number of carbonyl (C=O) groups is 1. The Morgan fingerprint density at radius 3 is 2.74 bits per heavy atom. The lowest BCUT2D eigenvalue weighted by Gasteiger charge is -2.27. The molecule has 1 aliphatic carbocycles. The molecule has 1 heterocycles. The standard InChI is InChI=1S/C18H27N3O2/c1-21(18(23)17(22)13-8-4-2-5-9-13)12-16-14-10-6-3-7-11-15(14)19-20-16/h2,4-5,8-9,14-17,19-20,22H,3,6-7,10-12H2,1H3/t14?,15?,16?,17-/m1/s1. The van der Waals surface area contributed by atoms with Crippen LogP contribution in [0.3, 0.4) is 0 Å². The molecule has 1 aromatic carbocycles. The highest BCUT2D eigenvalue weighted by atomic mass is 16.3. The van der Waals surface area contributed by atoms with Crippen LogP contribution >= 0.6 is 0 Å².